The van der Waals surface area contributed by atoms with Crippen LogP contribution in [0.2, 0.25) is 0 Å². The lowest BCUT2D eigenvalue weighted by atomic mass is 9.85. The minimum atomic E-state index is -0.752. The Balaban J connectivity index is 4.05. The van der Waals surface area contributed by atoms with Crippen LogP contribution in [-0.2, 0) is 0 Å². The third kappa shape index (κ3) is 7.54. The number of hydrogen-bond donors (Lipinski definition) is 3. The van der Waals surface area contributed by atoms with E-state index in [4.69, 9.17) is 10.8 Å². The average Bonchev–Trinajstić information content (AvgIpc) is 2.10. The van der Waals surface area contributed by atoms with Crippen LogP contribution >= 0.6 is 0 Å². The van der Waals surface area contributed by atoms with Crippen molar-refractivity contribution in [3.05, 3.63) is 12.2 Å². The molecule has 0 saturated carbocycles. The maximum absolute atomic E-state index is 9.49. The molecule has 90 valence electrons. The second-order valence-electron chi connectivity index (χ2n) is 5.46. The zero-order valence-electron chi connectivity index (χ0n) is 10.3. The molecular weight excluding hydrogens is 190 g/mol. The van der Waals surface area contributed by atoms with Crippen molar-refractivity contribution < 1.29 is 10.2 Å². The standard InChI is InChI=1S/C12H25NO2/c1-9(7-12(2,3)4)5-6-11(15)10(13)8-14/h5-6,9-11,14-15H,7-8,13H2,1-4H3/b6-5+. The number of aliphatic hydroxyl groups is 2. The molecule has 0 aliphatic heterocycles. The molecule has 0 spiro atoms. The van der Waals surface area contributed by atoms with Gasteiger partial charge >= 0.3 is 0 Å². The molecule has 15 heavy (non-hydrogen) atoms. The highest BCUT2D eigenvalue weighted by atomic mass is 16.3. The van der Waals surface area contributed by atoms with Crippen LogP contribution in [0.1, 0.15) is 34.1 Å². The van der Waals surface area contributed by atoms with Crippen molar-refractivity contribution in [2.45, 2.75) is 46.3 Å². The highest BCUT2D eigenvalue weighted by Gasteiger charge is 2.14. The van der Waals surface area contributed by atoms with Crippen LogP contribution in [0.15, 0.2) is 12.2 Å². The molecule has 3 atom stereocenters. The minimum Gasteiger partial charge on any atom is -0.395 e. The lowest BCUT2D eigenvalue weighted by molar-refractivity contribution is 0.143. The first kappa shape index (κ1) is 14.6. The highest BCUT2D eigenvalue weighted by Crippen LogP contribution is 2.24. The van der Waals surface area contributed by atoms with Crippen LogP contribution in [0, 0.1) is 11.3 Å². The predicted octanol–water partition coefficient (Wildman–Crippen LogP) is 1.30. The van der Waals surface area contributed by atoms with E-state index in [0.717, 1.165) is 6.42 Å². The van der Waals surface area contributed by atoms with Gasteiger partial charge in [0.1, 0.15) is 0 Å². The Kier molecular flexibility index (Phi) is 6.10. The molecule has 0 radical (unpaired) electrons. The lowest BCUT2D eigenvalue weighted by Gasteiger charge is -2.21. The zero-order valence-corrected chi connectivity index (χ0v) is 10.3. The van der Waals surface area contributed by atoms with Gasteiger partial charge in [0.2, 0.25) is 0 Å². The van der Waals surface area contributed by atoms with E-state index in [9.17, 15) is 5.11 Å². The van der Waals surface area contributed by atoms with Crippen LogP contribution in [0.5, 0.6) is 0 Å². The number of hydrogen-bond acceptors (Lipinski definition) is 3. The van der Waals surface area contributed by atoms with Crippen molar-refractivity contribution in [2.24, 2.45) is 17.1 Å². The van der Waals surface area contributed by atoms with Crippen LogP contribution in [-0.4, -0.2) is 29.0 Å². The van der Waals surface area contributed by atoms with E-state index in [0.29, 0.717) is 5.92 Å². The van der Waals surface area contributed by atoms with Gasteiger partial charge in [-0.1, -0.05) is 39.8 Å². The molecule has 0 heterocycles. The monoisotopic (exact) mass is 215 g/mol. The van der Waals surface area contributed by atoms with E-state index >= 15 is 0 Å². The highest BCUT2D eigenvalue weighted by molar-refractivity contribution is 4.96. The lowest BCUT2D eigenvalue weighted by Crippen LogP contribution is -2.36. The summed E-state index contributed by atoms with van der Waals surface area (Å²) in [5, 5.41) is 18.2. The van der Waals surface area contributed by atoms with Gasteiger partial charge in [0.05, 0.1) is 18.8 Å². The van der Waals surface area contributed by atoms with Gasteiger partial charge < -0.3 is 15.9 Å². The summed E-state index contributed by atoms with van der Waals surface area (Å²) in [5.41, 5.74) is 5.76. The second-order valence-corrected chi connectivity index (χ2v) is 5.46. The Morgan fingerprint density at radius 1 is 1.27 bits per heavy atom. The molecule has 0 fully saturated rings. The second kappa shape index (κ2) is 6.26. The van der Waals surface area contributed by atoms with Gasteiger partial charge in [0.25, 0.3) is 0 Å². The molecule has 0 aromatic carbocycles. The van der Waals surface area contributed by atoms with Gasteiger partial charge in [0, 0.05) is 0 Å². The first-order valence-electron chi connectivity index (χ1n) is 5.49. The van der Waals surface area contributed by atoms with Crippen molar-refractivity contribution in [1.29, 1.82) is 0 Å². The fourth-order valence-electron chi connectivity index (χ4n) is 1.59. The SMILES string of the molecule is CC(/C=C/C(O)C(N)CO)CC(C)(C)C. The van der Waals surface area contributed by atoms with Gasteiger partial charge in [-0.2, -0.15) is 0 Å². The van der Waals surface area contributed by atoms with E-state index in [1.54, 1.807) is 6.08 Å². The number of rotatable bonds is 5. The third-order valence-electron chi connectivity index (χ3n) is 2.22. The minimum absolute atomic E-state index is 0.195. The molecule has 0 aliphatic rings. The van der Waals surface area contributed by atoms with Gasteiger partial charge in [-0.15, -0.1) is 0 Å². The molecule has 0 aliphatic carbocycles. The Hall–Kier alpha value is -0.380. The molecule has 0 rings (SSSR count). The van der Waals surface area contributed by atoms with Crippen molar-refractivity contribution in [1.82, 2.24) is 0 Å². The molecule has 0 aromatic heterocycles. The largest absolute Gasteiger partial charge is 0.395 e. The fourth-order valence-corrected chi connectivity index (χ4v) is 1.59. The molecule has 0 aromatic rings. The number of aliphatic hydroxyl groups excluding tert-OH is 2. The number of allylic oxidation sites excluding steroid dienone is 1. The molecule has 0 amide bonds. The van der Waals surface area contributed by atoms with Crippen molar-refractivity contribution in [2.75, 3.05) is 6.61 Å². The van der Waals surface area contributed by atoms with Crippen molar-refractivity contribution in [3.63, 3.8) is 0 Å². The van der Waals surface area contributed by atoms with Crippen LogP contribution < -0.4 is 5.73 Å². The summed E-state index contributed by atoms with van der Waals surface area (Å²) in [4.78, 5) is 0. The summed E-state index contributed by atoms with van der Waals surface area (Å²) in [7, 11) is 0. The molecule has 0 saturated heterocycles. The van der Waals surface area contributed by atoms with Crippen LogP contribution in [0.25, 0.3) is 0 Å². The van der Waals surface area contributed by atoms with E-state index in [-0.39, 0.29) is 12.0 Å². The first-order chi connectivity index (χ1) is 6.76. The fraction of sp³-hybridized carbons (Fsp3) is 0.833. The summed E-state index contributed by atoms with van der Waals surface area (Å²) >= 11 is 0. The quantitative estimate of drug-likeness (QED) is 0.605. The van der Waals surface area contributed by atoms with Crippen LogP contribution in [0.4, 0.5) is 0 Å². The summed E-state index contributed by atoms with van der Waals surface area (Å²) in [6, 6.07) is -0.580. The van der Waals surface area contributed by atoms with E-state index in [1.807, 2.05) is 6.08 Å². The summed E-state index contributed by atoms with van der Waals surface area (Å²) < 4.78 is 0. The number of nitrogens with two attached hydrogens (primary N) is 1. The van der Waals surface area contributed by atoms with Gasteiger partial charge in [-0.05, 0) is 17.8 Å². The molecule has 3 unspecified atom stereocenters. The van der Waals surface area contributed by atoms with E-state index in [1.165, 1.54) is 0 Å². The van der Waals surface area contributed by atoms with E-state index < -0.39 is 12.1 Å². The van der Waals surface area contributed by atoms with Gasteiger partial charge in [-0.3, -0.25) is 0 Å². The molecule has 3 heteroatoms. The Morgan fingerprint density at radius 2 is 1.80 bits per heavy atom. The smallest absolute Gasteiger partial charge is 0.0894 e. The molecule has 0 bridgehead atoms. The van der Waals surface area contributed by atoms with Gasteiger partial charge in [0.15, 0.2) is 0 Å². The summed E-state index contributed by atoms with van der Waals surface area (Å²) in [6.07, 6.45) is 3.95. The predicted molar refractivity (Wildman–Crippen MR) is 63.4 cm³/mol. The maximum Gasteiger partial charge on any atom is 0.0894 e. The normalized spacial score (nSPS) is 19.1. The van der Waals surface area contributed by atoms with Crippen molar-refractivity contribution >= 4 is 0 Å². The average molecular weight is 215 g/mol. The molecule has 4 N–H and O–H groups in total. The Labute approximate surface area is 93.0 Å². The molecule has 3 nitrogen and oxygen atoms in total. The first-order valence-corrected chi connectivity index (χ1v) is 5.49. The Bertz CT molecular complexity index is 196. The topological polar surface area (TPSA) is 66.5 Å². The van der Waals surface area contributed by atoms with Crippen LogP contribution in [0.3, 0.4) is 0 Å². The Morgan fingerprint density at radius 3 is 2.20 bits per heavy atom. The third-order valence-corrected chi connectivity index (χ3v) is 2.22. The van der Waals surface area contributed by atoms with Gasteiger partial charge in [-0.25, -0.2) is 0 Å². The molecular formula is C12H25NO2. The summed E-state index contributed by atoms with van der Waals surface area (Å²) in [5.74, 6) is 0.408. The van der Waals surface area contributed by atoms with E-state index in [2.05, 4.69) is 27.7 Å². The zero-order chi connectivity index (χ0) is 12.1. The maximum atomic E-state index is 9.49. The summed E-state index contributed by atoms with van der Waals surface area (Å²) in [6.45, 7) is 8.48. The van der Waals surface area contributed by atoms with Crippen molar-refractivity contribution in [3.8, 4) is 0 Å².